The molecule has 0 aliphatic rings. The Labute approximate surface area is 150 Å². The van der Waals surface area contributed by atoms with E-state index in [1.54, 1.807) is 24.3 Å². The predicted octanol–water partition coefficient (Wildman–Crippen LogP) is 6.84. The number of halogens is 2. The van der Waals surface area contributed by atoms with Crippen LogP contribution in [-0.4, -0.2) is 0 Å². The molecule has 0 amide bonds. The molecule has 1 nitrogen and oxygen atoms in total. The Morgan fingerprint density at radius 3 is 1.38 bits per heavy atom. The van der Waals surface area contributed by atoms with Gasteiger partial charge < -0.3 is 0 Å². The second-order valence-corrected chi connectivity index (χ2v) is 5.95. The van der Waals surface area contributed by atoms with E-state index in [-0.39, 0.29) is 11.6 Å². The molecule has 0 bridgehead atoms. The highest BCUT2D eigenvalue weighted by atomic mass is 19.1. The van der Waals surface area contributed by atoms with Crippen molar-refractivity contribution in [2.24, 2.45) is 0 Å². The number of rotatable bonds is 3. The first-order valence-corrected chi connectivity index (χ1v) is 8.24. The van der Waals surface area contributed by atoms with Crippen LogP contribution in [0.2, 0.25) is 0 Å². The average Bonchev–Trinajstić information content (AvgIpc) is 2.69. The highest BCUT2D eigenvalue weighted by molar-refractivity contribution is 5.74. The van der Waals surface area contributed by atoms with Gasteiger partial charge in [-0.25, -0.2) is 13.2 Å². The largest absolute Gasteiger partial charge is 0.361 e. The lowest BCUT2D eigenvalue weighted by Gasteiger charge is -2.02. The first-order valence-electron chi connectivity index (χ1n) is 8.24. The Hall–Kier alpha value is -3.33. The van der Waals surface area contributed by atoms with Gasteiger partial charge in [-0.05, 0) is 54.1 Å². The summed E-state index contributed by atoms with van der Waals surface area (Å²) >= 11 is 0. The van der Waals surface area contributed by atoms with Crippen LogP contribution in [0, 0.1) is 11.6 Å². The van der Waals surface area contributed by atoms with Crippen molar-refractivity contribution in [3.05, 3.63) is 103 Å². The van der Waals surface area contributed by atoms with Gasteiger partial charge in [0.1, 0.15) is 11.6 Å². The minimum atomic E-state index is -0.299. The molecule has 26 heavy (non-hydrogen) atoms. The molecule has 0 saturated heterocycles. The Morgan fingerprint density at radius 1 is 0.462 bits per heavy atom. The maximum absolute atomic E-state index is 13.3. The van der Waals surface area contributed by atoms with Gasteiger partial charge in [0.15, 0.2) is 0 Å². The standard InChI is InChI=1S/C23H15F2O/c24-20-10-6-17(7-11-20)22-14-19(16-4-2-1-3-5-16)15-23(26-22)18-8-12-21(25)13-9-18/h1-15H/q+1. The fourth-order valence-electron chi connectivity index (χ4n) is 2.81. The molecule has 0 unspecified atom stereocenters. The molecule has 0 fully saturated rings. The minimum Gasteiger partial charge on any atom is -0.207 e. The highest BCUT2D eigenvalue weighted by Gasteiger charge is 2.20. The molecule has 0 radical (unpaired) electrons. The minimum absolute atomic E-state index is 0.299. The molecule has 0 N–H and O–H groups in total. The van der Waals surface area contributed by atoms with Gasteiger partial charge in [0.05, 0.1) is 23.3 Å². The van der Waals surface area contributed by atoms with Gasteiger partial charge in [0.25, 0.3) is 0 Å². The van der Waals surface area contributed by atoms with Crippen LogP contribution in [-0.2, 0) is 0 Å². The van der Waals surface area contributed by atoms with Gasteiger partial charge in [0.2, 0.25) is 0 Å². The Bertz CT molecular complexity index is 960. The van der Waals surface area contributed by atoms with Crippen LogP contribution in [0.15, 0.2) is 95.4 Å². The average molecular weight is 345 g/mol. The van der Waals surface area contributed by atoms with Crippen molar-refractivity contribution in [2.45, 2.75) is 0 Å². The summed E-state index contributed by atoms with van der Waals surface area (Å²) in [5, 5.41) is 0. The first-order chi connectivity index (χ1) is 12.7. The molecule has 0 aliphatic heterocycles. The van der Waals surface area contributed by atoms with Crippen LogP contribution < -0.4 is 0 Å². The fraction of sp³-hybridized carbons (Fsp3) is 0. The molecular weight excluding hydrogens is 330 g/mol. The Morgan fingerprint density at radius 2 is 0.923 bits per heavy atom. The fourth-order valence-corrected chi connectivity index (χ4v) is 2.81. The summed E-state index contributed by atoms with van der Waals surface area (Å²) in [5.41, 5.74) is 3.55. The van der Waals surface area contributed by atoms with Crippen LogP contribution in [0.25, 0.3) is 33.8 Å². The molecule has 1 heterocycles. The van der Waals surface area contributed by atoms with E-state index in [4.69, 9.17) is 4.42 Å². The van der Waals surface area contributed by atoms with E-state index in [1.165, 1.54) is 24.3 Å². The smallest absolute Gasteiger partial charge is 0.207 e. The van der Waals surface area contributed by atoms with Gasteiger partial charge in [-0.3, -0.25) is 0 Å². The lowest BCUT2D eigenvalue weighted by atomic mass is 10.0. The normalized spacial score (nSPS) is 10.7. The molecule has 4 rings (SSSR count). The van der Waals surface area contributed by atoms with Crippen LogP contribution in [0.1, 0.15) is 0 Å². The van der Waals surface area contributed by atoms with E-state index in [1.807, 2.05) is 42.5 Å². The van der Waals surface area contributed by atoms with Gasteiger partial charge in [-0.15, -0.1) is 0 Å². The number of benzene rings is 3. The summed E-state index contributed by atoms with van der Waals surface area (Å²) in [6.45, 7) is 0. The van der Waals surface area contributed by atoms with Crippen molar-refractivity contribution in [1.82, 2.24) is 0 Å². The lowest BCUT2D eigenvalue weighted by molar-refractivity contribution is 0.581. The zero-order chi connectivity index (χ0) is 17.9. The third-order valence-electron chi connectivity index (χ3n) is 4.16. The Kier molecular flexibility index (Phi) is 4.28. The predicted molar refractivity (Wildman–Crippen MR) is 99.3 cm³/mol. The van der Waals surface area contributed by atoms with Crippen LogP contribution in [0.3, 0.4) is 0 Å². The summed E-state index contributed by atoms with van der Waals surface area (Å²) < 4.78 is 32.6. The lowest BCUT2D eigenvalue weighted by Crippen LogP contribution is -1.87. The monoisotopic (exact) mass is 345 g/mol. The molecule has 0 saturated carbocycles. The zero-order valence-electron chi connectivity index (χ0n) is 13.8. The summed E-state index contributed by atoms with van der Waals surface area (Å²) in [6, 6.07) is 26.1. The van der Waals surface area contributed by atoms with Crippen molar-refractivity contribution in [2.75, 3.05) is 0 Å². The molecule has 0 aliphatic carbocycles. The van der Waals surface area contributed by atoms with Gasteiger partial charge >= 0.3 is 11.5 Å². The maximum atomic E-state index is 13.3. The maximum Gasteiger partial charge on any atom is 0.361 e. The molecule has 126 valence electrons. The van der Waals surface area contributed by atoms with Gasteiger partial charge in [-0.2, -0.15) is 0 Å². The van der Waals surface area contributed by atoms with Crippen molar-refractivity contribution in [3.63, 3.8) is 0 Å². The second kappa shape index (κ2) is 6.89. The molecule has 3 heteroatoms. The van der Waals surface area contributed by atoms with Crippen LogP contribution >= 0.6 is 0 Å². The van der Waals surface area contributed by atoms with E-state index in [0.29, 0.717) is 11.5 Å². The van der Waals surface area contributed by atoms with Gasteiger partial charge in [-0.1, -0.05) is 30.3 Å². The molecule has 0 spiro atoms. The number of hydrogen-bond donors (Lipinski definition) is 0. The van der Waals surface area contributed by atoms with Gasteiger partial charge in [0, 0.05) is 5.56 Å². The van der Waals surface area contributed by atoms with E-state index >= 15 is 0 Å². The summed E-state index contributed by atoms with van der Waals surface area (Å²) in [4.78, 5) is 0. The first kappa shape index (κ1) is 16.2. The van der Waals surface area contributed by atoms with Crippen molar-refractivity contribution in [3.8, 4) is 33.8 Å². The zero-order valence-corrected chi connectivity index (χ0v) is 13.8. The SMILES string of the molecule is Fc1ccc(-c2cc(-c3ccccc3)cc(-c3ccc(F)cc3)[o+]2)cc1. The molecule has 0 atom stereocenters. The number of hydrogen-bond acceptors (Lipinski definition) is 0. The summed E-state index contributed by atoms with van der Waals surface area (Å²) in [6.07, 6.45) is 0. The highest BCUT2D eigenvalue weighted by Crippen LogP contribution is 2.33. The van der Waals surface area contributed by atoms with E-state index < -0.39 is 0 Å². The molecular formula is C23H15F2O+. The van der Waals surface area contributed by atoms with E-state index in [0.717, 1.165) is 22.3 Å². The third kappa shape index (κ3) is 3.38. The third-order valence-corrected chi connectivity index (χ3v) is 4.16. The molecule has 1 aromatic heterocycles. The van der Waals surface area contributed by atoms with Crippen molar-refractivity contribution >= 4 is 0 Å². The van der Waals surface area contributed by atoms with E-state index in [2.05, 4.69) is 0 Å². The molecule has 3 aromatic carbocycles. The second-order valence-electron chi connectivity index (χ2n) is 5.95. The summed E-state index contributed by atoms with van der Waals surface area (Å²) in [5.74, 6) is 0.634. The van der Waals surface area contributed by atoms with E-state index in [9.17, 15) is 8.78 Å². The van der Waals surface area contributed by atoms with Crippen LogP contribution in [0.4, 0.5) is 8.78 Å². The Balaban J connectivity index is 1.89. The molecule has 4 aromatic rings. The quantitative estimate of drug-likeness (QED) is 0.370. The summed E-state index contributed by atoms with van der Waals surface area (Å²) in [7, 11) is 0. The van der Waals surface area contributed by atoms with Crippen molar-refractivity contribution in [1.29, 1.82) is 0 Å². The van der Waals surface area contributed by atoms with Crippen molar-refractivity contribution < 1.29 is 13.2 Å². The topological polar surface area (TPSA) is 11.3 Å². The van der Waals surface area contributed by atoms with Crippen LogP contribution in [0.5, 0.6) is 0 Å².